The molecule has 0 unspecified atom stereocenters. The van der Waals surface area contributed by atoms with E-state index in [2.05, 4.69) is 4.90 Å². The van der Waals surface area contributed by atoms with Gasteiger partial charge in [-0.2, -0.15) is 0 Å². The SMILES string of the molecule is CCOc1ccc2nc(N(CCCN3CCOCC3)C(=O)CCCS(=O)(=O)c3ccc(F)cc3)sc2c1. The lowest BCUT2D eigenvalue weighted by Gasteiger charge is -2.27. The lowest BCUT2D eigenvalue weighted by molar-refractivity contribution is -0.118. The maximum atomic E-state index is 13.3. The van der Waals surface area contributed by atoms with Gasteiger partial charge < -0.3 is 9.47 Å². The molecule has 1 saturated heterocycles. The largest absolute Gasteiger partial charge is 0.494 e. The number of sulfone groups is 1. The van der Waals surface area contributed by atoms with Crippen molar-refractivity contribution in [1.82, 2.24) is 9.88 Å². The summed E-state index contributed by atoms with van der Waals surface area (Å²) in [5.41, 5.74) is 0.785. The maximum Gasteiger partial charge on any atom is 0.228 e. The summed E-state index contributed by atoms with van der Waals surface area (Å²) in [6, 6.07) is 10.4. The smallest absolute Gasteiger partial charge is 0.228 e. The van der Waals surface area contributed by atoms with Crippen molar-refractivity contribution in [1.29, 1.82) is 0 Å². The third-order valence-corrected chi connectivity index (χ3v) is 8.99. The Morgan fingerprint density at radius 2 is 1.92 bits per heavy atom. The first kappa shape index (κ1) is 27.4. The number of aromatic nitrogens is 1. The van der Waals surface area contributed by atoms with Crippen LogP contribution in [0, 0.1) is 5.82 Å². The van der Waals surface area contributed by atoms with Crippen molar-refractivity contribution in [3.63, 3.8) is 0 Å². The maximum absolute atomic E-state index is 13.3. The molecule has 1 aromatic heterocycles. The predicted octanol–water partition coefficient (Wildman–Crippen LogP) is 4.14. The first-order valence-corrected chi connectivity index (χ1v) is 14.9. The third kappa shape index (κ3) is 7.47. The number of rotatable bonds is 12. The topological polar surface area (TPSA) is 89.0 Å². The highest BCUT2D eigenvalue weighted by atomic mass is 32.2. The van der Waals surface area contributed by atoms with Gasteiger partial charge in [-0.1, -0.05) is 11.3 Å². The summed E-state index contributed by atoms with van der Waals surface area (Å²) in [5, 5.41) is 0.594. The van der Waals surface area contributed by atoms with Crippen molar-refractivity contribution in [2.24, 2.45) is 0 Å². The van der Waals surface area contributed by atoms with Gasteiger partial charge in [0.2, 0.25) is 5.91 Å². The van der Waals surface area contributed by atoms with E-state index in [9.17, 15) is 17.6 Å². The first-order chi connectivity index (χ1) is 17.9. The van der Waals surface area contributed by atoms with Crippen LogP contribution in [0.3, 0.4) is 0 Å². The molecule has 1 amide bonds. The number of carbonyl (C=O) groups is 1. The lowest BCUT2D eigenvalue weighted by Crippen LogP contribution is -2.39. The number of benzene rings is 2. The van der Waals surface area contributed by atoms with Gasteiger partial charge in [-0.3, -0.25) is 14.6 Å². The van der Waals surface area contributed by atoms with Crippen LogP contribution in [-0.2, 0) is 19.4 Å². The standard InChI is InChI=1S/C26H32FN3O5S2/c1-2-35-21-8-11-23-24(19-21)36-26(28-23)30(13-4-12-29-14-16-34-17-15-29)25(31)5-3-18-37(32,33)22-9-6-20(27)7-10-22/h6-11,19H,2-5,12-18H2,1H3. The molecule has 0 atom stereocenters. The van der Waals surface area contributed by atoms with Crippen molar-refractivity contribution in [3.8, 4) is 5.75 Å². The minimum Gasteiger partial charge on any atom is -0.494 e. The Morgan fingerprint density at radius 1 is 1.16 bits per heavy atom. The van der Waals surface area contributed by atoms with E-state index in [1.165, 1.54) is 23.5 Å². The van der Waals surface area contributed by atoms with Crippen molar-refractivity contribution < 1.29 is 27.1 Å². The second kappa shape index (κ2) is 12.8. The average Bonchev–Trinajstić information content (AvgIpc) is 3.30. The molecule has 37 heavy (non-hydrogen) atoms. The zero-order valence-corrected chi connectivity index (χ0v) is 22.5. The number of carbonyl (C=O) groups excluding carboxylic acids is 1. The van der Waals surface area contributed by atoms with E-state index in [1.807, 2.05) is 25.1 Å². The fourth-order valence-corrected chi connectivity index (χ4v) is 6.53. The highest BCUT2D eigenvalue weighted by molar-refractivity contribution is 7.91. The minimum absolute atomic E-state index is 0.0555. The molecular weight excluding hydrogens is 517 g/mol. The molecule has 200 valence electrons. The Labute approximate surface area is 220 Å². The van der Waals surface area contributed by atoms with Gasteiger partial charge in [0.05, 0.1) is 40.7 Å². The molecule has 2 heterocycles. The number of nitrogens with zero attached hydrogens (tertiary/aromatic N) is 3. The van der Waals surface area contributed by atoms with Crippen LogP contribution in [0.1, 0.15) is 26.2 Å². The van der Waals surface area contributed by atoms with E-state index in [0.717, 1.165) is 54.2 Å². The second-order valence-corrected chi connectivity index (χ2v) is 11.9. The van der Waals surface area contributed by atoms with Crippen LogP contribution in [0.2, 0.25) is 0 Å². The van der Waals surface area contributed by atoms with Crippen LogP contribution in [0.4, 0.5) is 9.52 Å². The summed E-state index contributed by atoms with van der Waals surface area (Å²) < 4.78 is 50.4. The van der Waals surface area contributed by atoms with E-state index in [0.29, 0.717) is 31.5 Å². The van der Waals surface area contributed by atoms with Gasteiger partial charge >= 0.3 is 0 Å². The van der Waals surface area contributed by atoms with Crippen molar-refractivity contribution in [3.05, 3.63) is 48.3 Å². The van der Waals surface area contributed by atoms with Crippen molar-refractivity contribution in [2.45, 2.75) is 31.1 Å². The summed E-state index contributed by atoms with van der Waals surface area (Å²) in [5.74, 6) is -0.100. The molecule has 0 bridgehead atoms. The number of thiazole rings is 1. The second-order valence-electron chi connectivity index (χ2n) is 8.79. The molecule has 0 spiro atoms. The van der Waals surface area contributed by atoms with E-state index in [-0.39, 0.29) is 29.4 Å². The summed E-state index contributed by atoms with van der Waals surface area (Å²) in [7, 11) is -3.61. The summed E-state index contributed by atoms with van der Waals surface area (Å²) in [6.07, 6.45) is 0.996. The molecule has 1 aliphatic rings. The molecular formula is C26H32FN3O5S2. The highest BCUT2D eigenvalue weighted by Crippen LogP contribution is 2.32. The van der Waals surface area contributed by atoms with Crippen LogP contribution in [0.25, 0.3) is 10.2 Å². The minimum atomic E-state index is -3.61. The number of fused-ring (bicyclic) bond motifs is 1. The Kier molecular flexibility index (Phi) is 9.47. The molecule has 11 heteroatoms. The zero-order valence-electron chi connectivity index (χ0n) is 20.9. The van der Waals surface area contributed by atoms with Gasteiger partial charge in [0.25, 0.3) is 0 Å². The van der Waals surface area contributed by atoms with Gasteiger partial charge in [-0.15, -0.1) is 0 Å². The highest BCUT2D eigenvalue weighted by Gasteiger charge is 2.22. The Morgan fingerprint density at radius 3 is 2.65 bits per heavy atom. The molecule has 0 saturated carbocycles. The normalized spacial score (nSPS) is 14.6. The summed E-state index contributed by atoms with van der Waals surface area (Å²) in [4.78, 5) is 22.1. The molecule has 1 aliphatic heterocycles. The quantitative estimate of drug-likeness (QED) is 0.314. The van der Waals surface area contributed by atoms with Crippen LogP contribution in [0.5, 0.6) is 5.75 Å². The number of hydrogen-bond acceptors (Lipinski definition) is 8. The Bertz CT molecular complexity index is 1290. The van der Waals surface area contributed by atoms with Gasteiger partial charge in [-0.05, 0) is 62.2 Å². The van der Waals surface area contributed by atoms with Gasteiger partial charge in [0.1, 0.15) is 11.6 Å². The molecule has 0 N–H and O–H groups in total. The molecule has 2 aromatic carbocycles. The Hall–Kier alpha value is -2.60. The van der Waals surface area contributed by atoms with Crippen molar-refractivity contribution >= 4 is 42.4 Å². The van der Waals surface area contributed by atoms with Crippen LogP contribution >= 0.6 is 11.3 Å². The summed E-state index contributed by atoms with van der Waals surface area (Å²) in [6.45, 7) is 6.98. The van der Waals surface area contributed by atoms with Gasteiger partial charge in [0, 0.05) is 32.6 Å². The molecule has 0 radical (unpaired) electrons. The van der Waals surface area contributed by atoms with Crippen LogP contribution in [0.15, 0.2) is 47.4 Å². The first-order valence-electron chi connectivity index (χ1n) is 12.5. The van der Waals surface area contributed by atoms with Crippen LogP contribution < -0.4 is 9.64 Å². The number of anilines is 1. The molecule has 8 nitrogen and oxygen atoms in total. The number of amides is 1. The van der Waals surface area contributed by atoms with E-state index >= 15 is 0 Å². The summed E-state index contributed by atoms with van der Waals surface area (Å²) >= 11 is 1.42. The fraction of sp³-hybridized carbons (Fsp3) is 0.462. The zero-order chi connectivity index (χ0) is 26.3. The van der Waals surface area contributed by atoms with Gasteiger partial charge in [0.15, 0.2) is 15.0 Å². The number of halogens is 1. The lowest BCUT2D eigenvalue weighted by atomic mass is 10.2. The fourth-order valence-electron chi connectivity index (χ4n) is 4.18. The average molecular weight is 550 g/mol. The molecule has 4 rings (SSSR count). The predicted molar refractivity (Wildman–Crippen MR) is 143 cm³/mol. The monoisotopic (exact) mass is 549 g/mol. The van der Waals surface area contributed by atoms with Crippen LogP contribution in [-0.4, -0.2) is 76.0 Å². The Balaban J connectivity index is 1.44. The molecule has 1 fully saturated rings. The van der Waals surface area contributed by atoms with E-state index in [4.69, 9.17) is 14.5 Å². The van der Waals surface area contributed by atoms with Crippen molar-refractivity contribution in [2.75, 3.05) is 56.7 Å². The van der Waals surface area contributed by atoms with Gasteiger partial charge in [-0.25, -0.2) is 17.8 Å². The van der Waals surface area contributed by atoms with E-state index in [1.54, 1.807) is 4.90 Å². The molecule has 0 aliphatic carbocycles. The van der Waals surface area contributed by atoms with E-state index < -0.39 is 15.7 Å². The number of hydrogen-bond donors (Lipinski definition) is 0. The molecule has 3 aromatic rings. The number of morpholine rings is 1. The number of ether oxygens (including phenoxy) is 2. The third-order valence-electron chi connectivity index (χ3n) is 6.13.